The van der Waals surface area contributed by atoms with Gasteiger partial charge in [-0.2, -0.15) is 0 Å². The molecule has 0 atom stereocenters. The SMILES string of the molecule is C=C/C=C\c1sc2ccccc2c(=O)c1C=C. The number of hydrogen-bond donors (Lipinski definition) is 0. The highest BCUT2D eigenvalue weighted by Gasteiger charge is 2.07. The zero-order valence-corrected chi connectivity index (χ0v) is 10.2. The largest absolute Gasteiger partial charge is 0.289 e. The van der Waals surface area contributed by atoms with Gasteiger partial charge < -0.3 is 0 Å². The molecule has 17 heavy (non-hydrogen) atoms. The van der Waals surface area contributed by atoms with E-state index < -0.39 is 0 Å². The van der Waals surface area contributed by atoms with Gasteiger partial charge in [0.1, 0.15) is 0 Å². The fourth-order valence-corrected chi connectivity index (χ4v) is 2.73. The molecule has 84 valence electrons. The maximum atomic E-state index is 12.2. The molecule has 1 nitrogen and oxygen atoms in total. The predicted octanol–water partition coefficient (Wildman–Crippen LogP) is 4.10. The van der Waals surface area contributed by atoms with Crippen LogP contribution in [0.25, 0.3) is 22.2 Å². The second kappa shape index (κ2) is 4.93. The first-order valence-electron chi connectivity index (χ1n) is 5.25. The van der Waals surface area contributed by atoms with Crippen molar-refractivity contribution in [1.29, 1.82) is 0 Å². The first kappa shape index (κ1) is 11.6. The molecular weight excluding hydrogens is 228 g/mol. The van der Waals surface area contributed by atoms with Crippen LogP contribution in [0.5, 0.6) is 0 Å². The van der Waals surface area contributed by atoms with Crippen molar-refractivity contribution < 1.29 is 0 Å². The Balaban J connectivity index is 2.84. The Morgan fingerprint density at radius 1 is 1.18 bits per heavy atom. The number of rotatable bonds is 3. The summed E-state index contributed by atoms with van der Waals surface area (Å²) in [4.78, 5) is 13.1. The monoisotopic (exact) mass is 240 g/mol. The second-order valence-corrected chi connectivity index (χ2v) is 4.59. The van der Waals surface area contributed by atoms with Crippen molar-refractivity contribution in [2.24, 2.45) is 0 Å². The Morgan fingerprint density at radius 3 is 2.65 bits per heavy atom. The molecule has 0 aliphatic heterocycles. The third kappa shape index (κ3) is 2.12. The molecule has 1 aromatic carbocycles. The van der Waals surface area contributed by atoms with Crippen LogP contribution in [0.2, 0.25) is 0 Å². The first-order chi connectivity index (χ1) is 8.27. The lowest BCUT2D eigenvalue weighted by atomic mass is 10.1. The van der Waals surface area contributed by atoms with Crippen molar-refractivity contribution in [1.82, 2.24) is 0 Å². The lowest BCUT2D eigenvalue weighted by molar-refractivity contribution is 1.65. The maximum absolute atomic E-state index is 12.2. The van der Waals surface area contributed by atoms with Crippen LogP contribution in [0.1, 0.15) is 10.4 Å². The zero-order valence-electron chi connectivity index (χ0n) is 9.35. The fraction of sp³-hybridized carbons (Fsp3) is 0. The highest BCUT2D eigenvalue weighted by Crippen LogP contribution is 2.23. The number of benzene rings is 1. The Bertz CT molecular complexity index is 662. The standard InChI is InChI=1S/C15H12OS/c1-3-5-9-13-11(4-2)15(16)12-8-6-7-10-14(12)17-13/h3-10H,1-2H2/b9-5-. The van der Waals surface area contributed by atoms with Crippen LogP contribution in [0.15, 0.2) is 54.4 Å². The van der Waals surface area contributed by atoms with E-state index >= 15 is 0 Å². The summed E-state index contributed by atoms with van der Waals surface area (Å²) >= 11 is 1.59. The van der Waals surface area contributed by atoms with Crippen LogP contribution in [-0.4, -0.2) is 0 Å². The van der Waals surface area contributed by atoms with E-state index in [-0.39, 0.29) is 5.43 Å². The van der Waals surface area contributed by atoms with Gasteiger partial charge in [0.15, 0.2) is 5.43 Å². The highest BCUT2D eigenvalue weighted by atomic mass is 32.1. The lowest BCUT2D eigenvalue weighted by Crippen LogP contribution is -2.05. The third-order valence-corrected chi connectivity index (χ3v) is 3.60. The summed E-state index contributed by atoms with van der Waals surface area (Å²) in [6, 6.07) is 7.62. The Labute approximate surface area is 104 Å². The van der Waals surface area contributed by atoms with Crippen LogP contribution in [0.4, 0.5) is 0 Å². The van der Waals surface area contributed by atoms with Gasteiger partial charge in [0.2, 0.25) is 0 Å². The molecule has 2 aromatic rings. The van der Waals surface area contributed by atoms with Crippen molar-refractivity contribution in [3.63, 3.8) is 0 Å². The molecule has 0 aliphatic carbocycles. The van der Waals surface area contributed by atoms with Crippen molar-refractivity contribution in [3.8, 4) is 0 Å². The molecule has 0 fully saturated rings. The Morgan fingerprint density at radius 2 is 1.94 bits per heavy atom. The molecule has 0 amide bonds. The minimum atomic E-state index is 0.0399. The highest BCUT2D eigenvalue weighted by molar-refractivity contribution is 7.19. The topological polar surface area (TPSA) is 17.1 Å². The van der Waals surface area contributed by atoms with E-state index in [1.165, 1.54) is 0 Å². The minimum absolute atomic E-state index is 0.0399. The van der Waals surface area contributed by atoms with E-state index in [1.807, 2.05) is 36.4 Å². The van der Waals surface area contributed by atoms with Crippen molar-refractivity contribution in [2.75, 3.05) is 0 Å². The van der Waals surface area contributed by atoms with Gasteiger partial charge in [-0.05, 0) is 18.2 Å². The normalized spacial score (nSPS) is 10.8. The summed E-state index contributed by atoms with van der Waals surface area (Å²) in [6.07, 6.45) is 7.03. The molecule has 0 radical (unpaired) electrons. The van der Waals surface area contributed by atoms with E-state index in [0.717, 1.165) is 15.0 Å². The van der Waals surface area contributed by atoms with Crippen molar-refractivity contribution >= 4 is 33.6 Å². The molecule has 2 rings (SSSR count). The molecule has 0 N–H and O–H groups in total. The van der Waals surface area contributed by atoms with E-state index in [9.17, 15) is 4.79 Å². The molecule has 0 saturated heterocycles. The summed E-state index contributed by atoms with van der Waals surface area (Å²) in [6.45, 7) is 7.34. The van der Waals surface area contributed by atoms with E-state index in [4.69, 9.17) is 0 Å². The molecule has 0 aliphatic rings. The van der Waals surface area contributed by atoms with Gasteiger partial charge in [-0.1, -0.05) is 43.5 Å². The number of hydrogen-bond acceptors (Lipinski definition) is 2. The molecule has 0 bridgehead atoms. The molecule has 1 aromatic heterocycles. The van der Waals surface area contributed by atoms with Gasteiger partial charge in [-0.3, -0.25) is 4.79 Å². The van der Waals surface area contributed by atoms with E-state index in [1.54, 1.807) is 23.5 Å². The van der Waals surface area contributed by atoms with Gasteiger partial charge in [0.05, 0.1) is 0 Å². The lowest BCUT2D eigenvalue weighted by Gasteiger charge is -2.02. The molecule has 0 saturated carbocycles. The summed E-state index contributed by atoms with van der Waals surface area (Å²) in [5, 5.41) is 0.753. The average Bonchev–Trinajstić information content (AvgIpc) is 2.36. The number of fused-ring (bicyclic) bond motifs is 1. The third-order valence-electron chi connectivity index (χ3n) is 2.45. The van der Waals surface area contributed by atoms with Crippen LogP contribution >= 0.6 is 11.3 Å². The zero-order chi connectivity index (χ0) is 12.3. The van der Waals surface area contributed by atoms with E-state index in [0.29, 0.717) is 5.56 Å². The van der Waals surface area contributed by atoms with Crippen molar-refractivity contribution in [2.45, 2.75) is 0 Å². The number of allylic oxidation sites excluding steroid dienone is 2. The molecule has 0 unspecified atom stereocenters. The first-order valence-corrected chi connectivity index (χ1v) is 6.07. The van der Waals surface area contributed by atoms with Gasteiger partial charge in [-0.15, -0.1) is 11.3 Å². The van der Waals surface area contributed by atoms with Gasteiger partial charge in [0, 0.05) is 20.5 Å². The quantitative estimate of drug-likeness (QED) is 0.738. The van der Waals surface area contributed by atoms with Gasteiger partial charge >= 0.3 is 0 Å². The molecule has 1 heterocycles. The summed E-state index contributed by atoms with van der Waals surface area (Å²) < 4.78 is 0.992. The fourth-order valence-electron chi connectivity index (χ4n) is 1.65. The molecular formula is C15H12OS. The smallest absolute Gasteiger partial charge is 0.195 e. The summed E-state index contributed by atoms with van der Waals surface area (Å²) in [7, 11) is 0. The average molecular weight is 240 g/mol. The second-order valence-electron chi connectivity index (χ2n) is 3.50. The maximum Gasteiger partial charge on any atom is 0.195 e. The van der Waals surface area contributed by atoms with Gasteiger partial charge in [-0.25, -0.2) is 0 Å². The predicted molar refractivity (Wildman–Crippen MR) is 77.4 cm³/mol. The minimum Gasteiger partial charge on any atom is -0.289 e. The van der Waals surface area contributed by atoms with Crippen LogP contribution in [-0.2, 0) is 0 Å². The van der Waals surface area contributed by atoms with E-state index in [2.05, 4.69) is 13.2 Å². The van der Waals surface area contributed by atoms with Crippen LogP contribution in [0.3, 0.4) is 0 Å². The van der Waals surface area contributed by atoms with Crippen LogP contribution < -0.4 is 5.43 Å². The van der Waals surface area contributed by atoms with Crippen LogP contribution in [0, 0.1) is 0 Å². The Hall–Kier alpha value is -1.93. The summed E-state index contributed by atoms with van der Waals surface area (Å²) in [5.74, 6) is 0. The summed E-state index contributed by atoms with van der Waals surface area (Å²) in [5.41, 5.74) is 0.699. The molecule has 0 spiro atoms. The van der Waals surface area contributed by atoms with Gasteiger partial charge in [0.25, 0.3) is 0 Å². The Kier molecular flexibility index (Phi) is 3.35. The van der Waals surface area contributed by atoms with Crippen molar-refractivity contribution in [3.05, 3.63) is 70.2 Å². The molecule has 2 heteroatoms.